The van der Waals surface area contributed by atoms with Gasteiger partial charge >= 0.3 is 0 Å². The largest absolute Gasteiger partial charge is 0.327 e. The molecule has 0 radical (unpaired) electrons. The molecule has 4 heteroatoms. The Kier molecular flexibility index (Phi) is 3.89. The van der Waals surface area contributed by atoms with E-state index in [4.69, 9.17) is 0 Å². The quantitative estimate of drug-likeness (QED) is 0.698. The van der Waals surface area contributed by atoms with E-state index in [0.29, 0.717) is 12.7 Å². The zero-order chi connectivity index (χ0) is 10.7. The smallest absolute Gasteiger partial charge is 0.240 e. The summed E-state index contributed by atoms with van der Waals surface area (Å²) in [4.78, 5) is 15.7. The molecule has 82 valence electrons. The lowest BCUT2D eigenvalue weighted by atomic mass is 10.3. The van der Waals surface area contributed by atoms with E-state index in [0.717, 1.165) is 13.1 Å². The van der Waals surface area contributed by atoms with Gasteiger partial charge in [0.05, 0.1) is 12.7 Å². The van der Waals surface area contributed by atoms with Gasteiger partial charge in [-0.05, 0) is 27.8 Å². The van der Waals surface area contributed by atoms with Crippen molar-refractivity contribution in [2.45, 2.75) is 32.9 Å². The Balaban J connectivity index is 2.29. The molecule has 0 saturated carbocycles. The van der Waals surface area contributed by atoms with Crippen LogP contribution in [0.4, 0.5) is 0 Å². The summed E-state index contributed by atoms with van der Waals surface area (Å²) in [6.07, 6.45) is 0. The van der Waals surface area contributed by atoms with Gasteiger partial charge < -0.3 is 9.80 Å². The van der Waals surface area contributed by atoms with Crippen molar-refractivity contribution in [3.63, 3.8) is 0 Å². The van der Waals surface area contributed by atoms with Gasteiger partial charge in [0.2, 0.25) is 5.91 Å². The predicted octanol–water partition coefficient (Wildman–Crippen LogP) is 0.104. The average Bonchev–Trinajstić information content (AvgIpc) is 2.44. The molecule has 0 aromatic rings. The highest BCUT2D eigenvalue weighted by Gasteiger charge is 2.26. The molecule has 1 N–H and O–H groups in total. The van der Waals surface area contributed by atoms with Gasteiger partial charge in [-0.1, -0.05) is 0 Å². The third-order valence-corrected chi connectivity index (χ3v) is 2.87. The van der Waals surface area contributed by atoms with Crippen molar-refractivity contribution >= 4 is 5.91 Å². The van der Waals surface area contributed by atoms with Crippen LogP contribution in [0.5, 0.6) is 0 Å². The standard InChI is InChI=1S/C10H21N3O/c1-8(2)12(4)5-6-13-7-11-9(3)10(13)14/h8-9,11H,5-7H2,1-4H3. The van der Waals surface area contributed by atoms with Crippen LogP contribution in [0, 0.1) is 0 Å². The fourth-order valence-electron chi connectivity index (χ4n) is 1.41. The number of carbonyl (C=O) groups excluding carboxylic acids is 1. The monoisotopic (exact) mass is 199 g/mol. The van der Waals surface area contributed by atoms with Gasteiger partial charge in [0, 0.05) is 19.1 Å². The van der Waals surface area contributed by atoms with Crippen molar-refractivity contribution in [1.82, 2.24) is 15.1 Å². The van der Waals surface area contributed by atoms with Crippen LogP contribution in [0.3, 0.4) is 0 Å². The summed E-state index contributed by atoms with van der Waals surface area (Å²) in [5.74, 6) is 0.224. The van der Waals surface area contributed by atoms with Gasteiger partial charge in [-0.25, -0.2) is 0 Å². The van der Waals surface area contributed by atoms with Crippen molar-refractivity contribution in [3.05, 3.63) is 0 Å². The Hall–Kier alpha value is -0.610. The summed E-state index contributed by atoms with van der Waals surface area (Å²) in [6, 6.07) is 0.539. The lowest BCUT2D eigenvalue weighted by Crippen LogP contribution is -2.38. The van der Waals surface area contributed by atoms with Gasteiger partial charge in [-0.15, -0.1) is 0 Å². The van der Waals surface area contributed by atoms with Crippen molar-refractivity contribution in [2.24, 2.45) is 0 Å². The molecule has 1 aliphatic heterocycles. The van der Waals surface area contributed by atoms with Gasteiger partial charge in [0.15, 0.2) is 0 Å². The minimum Gasteiger partial charge on any atom is -0.327 e. The lowest BCUT2D eigenvalue weighted by Gasteiger charge is -2.24. The number of amides is 1. The number of hydrogen-bond donors (Lipinski definition) is 1. The average molecular weight is 199 g/mol. The Morgan fingerprint density at radius 1 is 1.64 bits per heavy atom. The van der Waals surface area contributed by atoms with Gasteiger partial charge in [-0.2, -0.15) is 0 Å². The minimum absolute atomic E-state index is 0.000596. The van der Waals surface area contributed by atoms with Crippen LogP contribution in [-0.2, 0) is 4.79 Å². The number of nitrogens with one attached hydrogen (secondary N) is 1. The highest BCUT2D eigenvalue weighted by molar-refractivity contribution is 5.83. The van der Waals surface area contributed by atoms with Crippen LogP contribution >= 0.6 is 0 Å². The molecule has 14 heavy (non-hydrogen) atoms. The molecule has 0 aromatic heterocycles. The highest BCUT2D eigenvalue weighted by atomic mass is 16.2. The summed E-state index contributed by atoms with van der Waals surface area (Å²) in [5.41, 5.74) is 0. The van der Waals surface area contributed by atoms with Gasteiger partial charge in [0.25, 0.3) is 0 Å². The normalized spacial score (nSPS) is 22.9. The predicted molar refractivity (Wildman–Crippen MR) is 56.9 cm³/mol. The van der Waals surface area contributed by atoms with Gasteiger partial charge in [-0.3, -0.25) is 10.1 Å². The molecule has 0 aliphatic carbocycles. The molecule has 1 rings (SSSR count). The first-order valence-electron chi connectivity index (χ1n) is 5.24. The third-order valence-electron chi connectivity index (χ3n) is 2.87. The van der Waals surface area contributed by atoms with Crippen LogP contribution in [0.25, 0.3) is 0 Å². The fraction of sp³-hybridized carbons (Fsp3) is 0.900. The molecular formula is C10H21N3O. The molecule has 4 nitrogen and oxygen atoms in total. The Morgan fingerprint density at radius 3 is 2.71 bits per heavy atom. The summed E-state index contributed by atoms with van der Waals surface area (Å²) >= 11 is 0. The molecular weight excluding hydrogens is 178 g/mol. The van der Waals surface area contributed by atoms with Crippen molar-refractivity contribution in [3.8, 4) is 0 Å². The lowest BCUT2D eigenvalue weighted by molar-refractivity contribution is -0.128. The van der Waals surface area contributed by atoms with Crippen LogP contribution < -0.4 is 5.32 Å². The van der Waals surface area contributed by atoms with Gasteiger partial charge in [0.1, 0.15) is 0 Å². The molecule has 1 saturated heterocycles. The van der Waals surface area contributed by atoms with Crippen LogP contribution in [0.1, 0.15) is 20.8 Å². The zero-order valence-electron chi connectivity index (χ0n) is 9.58. The number of likely N-dealkylation sites (N-methyl/N-ethyl adjacent to an activating group) is 1. The van der Waals surface area contributed by atoms with E-state index in [-0.39, 0.29) is 11.9 Å². The minimum atomic E-state index is -0.000596. The summed E-state index contributed by atoms with van der Waals surface area (Å²) in [5, 5.41) is 3.13. The first kappa shape index (κ1) is 11.5. The molecule has 1 atom stereocenters. The van der Waals surface area contributed by atoms with Crippen molar-refractivity contribution in [2.75, 3.05) is 26.8 Å². The van der Waals surface area contributed by atoms with E-state index in [9.17, 15) is 4.79 Å². The van der Waals surface area contributed by atoms with E-state index < -0.39 is 0 Å². The van der Waals surface area contributed by atoms with E-state index in [1.165, 1.54) is 0 Å². The molecule has 1 fully saturated rings. The Bertz CT molecular complexity index is 206. The Labute approximate surface area is 86.2 Å². The van der Waals surface area contributed by atoms with E-state index in [2.05, 4.69) is 31.1 Å². The maximum atomic E-state index is 11.5. The first-order valence-corrected chi connectivity index (χ1v) is 5.24. The first-order chi connectivity index (χ1) is 6.52. The second-order valence-electron chi connectivity index (χ2n) is 4.26. The Morgan fingerprint density at radius 2 is 2.29 bits per heavy atom. The van der Waals surface area contributed by atoms with Crippen molar-refractivity contribution < 1.29 is 4.79 Å². The summed E-state index contributed by atoms with van der Waals surface area (Å²) < 4.78 is 0. The SMILES string of the molecule is CC1NCN(CCN(C)C(C)C)C1=O. The van der Waals surface area contributed by atoms with Crippen LogP contribution in [0.2, 0.25) is 0 Å². The second-order valence-corrected chi connectivity index (χ2v) is 4.26. The summed E-state index contributed by atoms with van der Waals surface area (Å²) in [6.45, 7) is 8.70. The van der Waals surface area contributed by atoms with E-state index >= 15 is 0 Å². The number of nitrogens with zero attached hydrogens (tertiary/aromatic N) is 2. The van der Waals surface area contributed by atoms with E-state index in [1.807, 2.05) is 11.8 Å². The fourth-order valence-corrected chi connectivity index (χ4v) is 1.41. The number of hydrogen-bond acceptors (Lipinski definition) is 3. The van der Waals surface area contributed by atoms with E-state index in [1.54, 1.807) is 0 Å². The summed E-state index contributed by atoms with van der Waals surface area (Å²) in [7, 11) is 2.09. The number of rotatable bonds is 4. The highest BCUT2D eigenvalue weighted by Crippen LogP contribution is 2.03. The molecule has 0 aromatic carbocycles. The van der Waals surface area contributed by atoms with Crippen LogP contribution in [-0.4, -0.2) is 54.6 Å². The van der Waals surface area contributed by atoms with Crippen molar-refractivity contribution in [1.29, 1.82) is 0 Å². The maximum absolute atomic E-state index is 11.5. The second kappa shape index (κ2) is 4.75. The number of carbonyl (C=O) groups is 1. The maximum Gasteiger partial charge on any atom is 0.240 e. The third kappa shape index (κ3) is 2.69. The van der Waals surface area contributed by atoms with Crippen LogP contribution in [0.15, 0.2) is 0 Å². The molecule has 1 heterocycles. The topological polar surface area (TPSA) is 35.6 Å². The zero-order valence-corrected chi connectivity index (χ0v) is 9.58. The molecule has 1 amide bonds. The molecule has 1 unspecified atom stereocenters. The molecule has 0 bridgehead atoms. The molecule has 0 spiro atoms. The molecule has 1 aliphatic rings.